The topological polar surface area (TPSA) is 118 Å². The van der Waals surface area contributed by atoms with Crippen molar-refractivity contribution in [1.29, 1.82) is 0 Å². The van der Waals surface area contributed by atoms with Gasteiger partial charge in [-0.05, 0) is 35.4 Å². The normalized spacial score (nSPS) is 13.8. The summed E-state index contributed by atoms with van der Waals surface area (Å²) >= 11 is 23.2. The van der Waals surface area contributed by atoms with Crippen LogP contribution in [0.5, 0.6) is 0 Å². The quantitative estimate of drug-likeness (QED) is 0.345. The molecular weight excluding hydrogens is 518 g/mol. The van der Waals surface area contributed by atoms with Gasteiger partial charge in [-0.2, -0.15) is 0 Å². The zero-order valence-corrected chi connectivity index (χ0v) is 19.9. The van der Waals surface area contributed by atoms with Gasteiger partial charge in [-0.3, -0.25) is 19.2 Å². The highest BCUT2D eigenvalue weighted by atomic mass is 35.5. The molecule has 0 aromatic heterocycles. The molecule has 0 unspecified atom stereocenters. The van der Waals surface area contributed by atoms with Crippen LogP contribution in [-0.4, -0.2) is 34.1 Å². The molecule has 0 spiro atoms. The molecule has 0 amide bonds. The lowest BCUT2D eigenvalue weighted by Crippen LogP contribution is -2.24. The van der Waals surface area contributed by atoms with Gasteiger partial charge in [0.1, 0.15) is 0 Å². The standard InChI is InChI=1S/C11H10Cl2O4.C11H8Cl2O3/c12-8-2-1-6(3-9(8)13)7(4-10(14)15)5-11(16)17;12-8-2-1-6(3-9(8)13)7-4-10(14)16-11(15)5-7/h1-3,7H,4-5H2,(H,14,15)(H,16,17);1-3,7H,4-5H2. The number of carbonyl (C=O) groups is 4. The van der Waals surface area contributed by atoms with Gasteiger partial charge in [0.25, 0.3) is 0 Å². The van der Waals surface area contributed by atoms with Crippen molar-refractivity contribution < 1.29 is 34.1 Å². The summed E-state index contributed by atoms with van der Waals surface area (Å²) < 4.78 is 4.45. The number of benzene rings is 2. The number of carbonyl (C=O) groups excluding carboxylic acids is 2. The summed E-state index contributed by atoms with van der Waals surface area (Å²) in [6, 6.07) is 9.72. The third-order valence-corrected chi connectivity index (χ3v) is 6.20. The van der Waals surface area contributed by atoms with Crippen molar-refractivity contribution in [2.75, 3.05) is 0 Å². The van der Waals surface area contributed by atoms with Crippen LogP contribution in [0.3, 0.4) is 0 Å². The van der Waals surface area contributed by atoms with Gasteiger partial charge in [-0.15, -0.1) is 0 Å². The molecule has 0 aliphatic carbocycles. The molecule has 1 aliphatic rings. The molecule has 2 N–H and O–H groups in total. The van der Waals surface area contributed by atoms with Gasteiger partial charge >= 0.3 is 23.9 Å². The molecule has 33 heavy (non-hydrogen) atoms. The van der Waals surface area contributed by atoms with Crippen LogP contribution in [0.4, 0.5) is 0 Å². The van der Waals surface area contributed by atoms with Crippen LogP contribution in [0.1, 0.15) is 48.6 Å². The van der Waals surface area contributed by atoms with Crippen LogP contribution >= 0.6 is 46.4 Å². The van der Waals surface area contributed by atoms with Crippen LogP contribution < -0.4 is 0 Å². The molecule has 1 aliphatic heterocycles. The van der Waals surface area contributed by atoms with Crippen LogP contribution in [0, 0.1) is 0 Å². The average molecular weight is 536 g/mol. The van der Waals surface area contributed by atoms with Crippen molar-refractivity contribution in [2.45, 2.75) is 37.5 Å². The van der Waals surface area contributed by atoms with E-state index in [1.54, 1.807) is 24.3 Å². The predicted molar refractivity (Wildman–Crippen MR) is 123 cm³/mol. The molecule has 176 valence electrons. The molecule has 2 aromatic carbocycles. The molecule has 2 aromatic rings. The maximum Gasteiger partial charge on any atom is 0.314 e. The van der Waals surface area contributed by atoms with Gasteiger partial charge in [0.15, 0.2) is 0 Å². The van der Waals surface area contributed by atoms with Gasteiger partial charge in [-0.25, -0.2) is 0 Å². The van der Waals surface area contributed by atoms with Gasteiger partial charge < -0.3 is 14.9 Å². The summed E-state index contributed by atoms with van der Waals surface area (Å²) in [5, 5.41) is 19.0. The number of cyclic esters (lactones) is 2. The number of ether oxygens (including phenoxy) is 1. The SMILES string of the molecule is O=C(O)CC(CC(=O)O)c1ccc(Cl)c(Cl)c1.O=C1CC(c2ccc(Cl)c(Cl)c2)CC(=O)O1. The molecule has 1 saturated heterocycles. The second-order valence-corrected chi connectivity index (χ2v) is 8.82. The minimum Gasteiger partial charge on any atom is -0.481 e. The zero-order valence-electron chi connectivity index (χ0n) is 16.9. The van der Waals surface area contributed by atoms with Crippen molar-refractivity contribution in [3.05, 3.63) is 67.6 Å². The molecule has 1 heterocycles. The minimum absolute atomic E-state index is 0.163. The summed E-state index contributed by atoms with van der Waals surface area (Å²) in [6.45, 7) is 0. The van der Waals surface area contributed by atoms with E-state index in [1.165, 1.54) is 12.1 Å². The number of aliphatic carboxylic acids is 2. The third kappa shape index (κ3) is 8.51. The second kappa shape index (κ2) is 12.2. The van der Waals surface area contributed by atoms with Crippen LogP contribution in [0.25, 0.3) is 0 Å². The van der Waals surface area contributed by atoms with E-state index in [0.717, 1.165) is 5.56 Å². The van der Waals surface area contributed by atoms with Crippen molar-refractivity contribution in [2.24, 2.45) is 0 Å². The fourth-order valence-corrected chi connectivity index (χ4v) is 3.80. The number of rotatable bonds is 6. The summed E-state index contributed by atoms with van der Waals surface area (Å²) in [5.41, 5.74) is 1.39. The van der Waals surface area contributed by atoms with Crippen LogP contribution in [0.15, 0.2) is 36.4 Å². The Morgan fingerprint density at radius 1 is 0.818 bits per heavy atom. The van der Waals surface area contributed by atoms with E-state index in [4.69, 9.17) is 56.6 Å². The first-order valence-electron chi connectivity index (χ1n) is 9.53. The van der Waals surface area contributed by atoms with Gasteiger partial charge in [0.2, 0.25) is 0 Å². The summed E-state index contributed by atoms with van der Waals surface area (Å²) in [4.78, 5) is 43.5. The molecule has 0 saturated carbocycles. The predicted octanol–water partition coefficient (Wildman–Crippen LogP) is 5.97. The Hall–Kier alpha value is -2.32. The lowest BCUT2D eigenvalue weighted by atomic mass is 9.91. The van der Waals surface area contributed by atoms with E-state index in [0.29, 0.717) is 20.6 Å². The van der Waals surface area contributed by atoms with E-state index in [2.05, 4.69) is 4.74 Å². The Balaban J connectivity index is 0.000000234. The third-order valence-electron chi connectivity index (χ3n) is 4.73. The van der Waals surface area contributed by atoms with E-state index in [-0.39, 0.29) is 36.6 Å². The molecule has 0 atom stereocenters. The highest BCUT2D eigenvalue weighted by molar-refractivity contribution is 6.42. The number of halogens is 4. The zero-order chi connectivity index (χ0) is 24.7. The molecule has 3 rings (SSSR count). The Bertz CT molecular complexity index is 1040. The molecule has 7 nitrogen and oxygen atoms in total. The maximum atomic E-state index is 11.1. The molecule has 11 heteroatoms. The summed E-state index contributed by atoms with van der Waals surface area (Å²) in [6.07, 6.45) is -0.123. The Morgan fingerprint density at radius 3 is 1.76 bits per heavy atom. The maximum absolute atomic E-state index is 11.1. The fraction of sp³-hybridized carbons (Fsp3) is 0.273. The largest absolute Gasteiger partial charge is 0.481 e. The lowest BCUT2D eigenvalue weighted by molar-refractivity contribution is -0.164. The number of hydrogen-bond acceptors (Lipinski definition) is 5. The molecule has 1 fully saturated rings. The highest BCUT2D eigenvalue weighted by Gasteiger charge is 2.28. The van der Waals surface area contributed by atoms with Gasteiger partial charge in [0, 0.05) is 11.8 Å². The number of hydrogen-bond donors (Lipinski definition) is 2. The molecule has 0 bridgehead atoms. The smallest absolute Gasteiger partial charge is 0.314 e. The number of carboxylic acid groups (broad SMARTS) is 2. The van der Waals surface area contributed by atoms with Crippen LogP contribution in [-0.2, 0) is 23.9 Å². The first kappa shape index (κ1) is 26.9. The Labute approximate surface area is 209 Å². The monoisotopic (exact) mass is 534 g/mol. The second-order valence-electron chi connectivity index (χ2n) is 7.19. The Morgan fingerprint density at radius 2 is 1.30 bits per heavy atom. The average Bonchev–Trinajstić information content (AvgIpc) is 2.70. The van der Waals surface area contributed by atoms with Gasteiger partial charge in [-0.1, -0.05) is 58.5 Å². The molecular formula is C22H18Cl4O7. The van der Waals surface area contributed by atoms with Gasteiger partial charge in [0.05, 0.1) is 45.8 Å². The summed E-state index contributed by atoms with van der Waals surface area (Å²) in [5.74, 6) is -3.87. The van der Waals surface area contributed by atoms with Crippen molar-refractivity contribution >= 4 is 70.3 Å². The number of esters is 2. The van der Waals surface area contributed by atoms with E-state index in [9.17, 15) is 19.2 Å². The molecule has 0 radical (unpaired) electrons. The minimum atomic E-state index is -1.05. The first-order valence-corrected chi connectivity index (χ1v) is 11.0. The highest BCUT2D eigenvalue weighted by Crippen LogP contribution is 2.32. The Kier molecular flexibility index (Phi) is 9.98. The van der Waals surface area contributed by atoms with Crippen molar-refractivity contribution in [1.82, 2.24) is 0 Å². The van der Waals surface area contributed by atoms with E-state index < -0.39 is 29.8 Å². The summed E-state index contributed by atoms with van der Waals surface area (Å²) in [7, 11) is 0. The van der Waals surface area contributed by atoms with Crippen LogP contribution in [0.2, 0.25) is 20.1 Å². The fourth-order valence-electron chi connectivity index (χ4n) is 3.18. The van der Waals surface area contributed by atoms with Crippen molar-refractivity contribution in [3.63, 3.8) is 0 Å². The number of carboxylic acids is 2. The lowest BCUT2D eigenvalue weighted by Gasteiger charge is -2.20. The first-order chi connectivity index (χ1) is 15.5. The van der Waals surface area contributed by atoms with Crippen molar-refractivity contribution in [3.8, 4) is 0 Å². The van der Waals surface area contributed by atoms with E-state index in [1.807, 2.05) is 0 Å². The van der Waals surface area contributed by atoms with E-state index >= 15 is 0 Å².